The van der Waals surface area contributed by atoms with E-state index < -0.39 is 17.5 Å². The third-order valence-corrected chi connectivity index (χ3v) is 2.94. The van der Waals surface area contributed by atoms with Gasteiger partial charge in [0, 0.05) is 11.8 Å². The fourth-order valence-electron chi connectivity index (χ4n) is 1.84. The number of benzene rings is 1. The summed E-state index contributed by atoms with van der Waals surface area (Å²) in [4.78, 5) is 23.1. The summed E-state index contributed by atoms with van der Waals surface area (Å²) in [7, 11) is 1.53. The predicted octanol–water partition coefficient (Wildman–Crippen LogP) is 2.46. The van der Waals surface area contributed by atoms with Gasteiger partial charge in [-0.05, 0) is 25.5 Å². The first-order chi connectivity index (χ1) is 9.41. The number of hydrogen-bond donors (Lipinski definition) is 3. The molecule has 0 aliphatic carbocycles. The van der Waals surface area contributed by atoms with Crippen LogP contribution < -0.4 is 15.4 Å². The Kier molecular flexibility index (Phi) is 5.37. The minimum Gasteiger partial charge on any atom is -0.497 e. The molecular weight excluding hydrogens is 260 g/mol. The molecule has 1 unspecified atom stereocenters. The van der Waals surface area contributed by atoms with Crippen LogP contribution in [0.5, 0.6) is 5.75 Å². The van der Waals surface area contributed by atoms with Gasteiger partial charge in [-0.2, -0.15) is 0 Å². The molecule has 0 saturated carbocycles. The van der Waals surface area contributed by atoms with Crippen molar-refractivity contribution in [2.24, 2.45) is 0 Å². The van der Waals surface area contributed by atoms with Crippen molar-refractivity contribution in [1.82, 2.24) is 5.32 Å². The van der Waals surface area contributed by atoms with Crippen molar-refractivity contribution >= 4 is 17.7 Å². The molecule has 1 rings (SSSR count). The fraction of sp³-hybridized carbons (Fsp3) is 0.429. The summed E-state index contributed by atoms with van der Waals surface area (Å²) < 4.78 is 5.05. The molecule has 0 spiro atoms. The van der Waals surface area contributed by atoms with Crippen molar-refractivity contribution in [2.75, 3.05) is 12.4 Å². The summed E-state index contributed by atoms with van der Waals surface area (Å²) in [5.41, 5.74) is -0.747. The number of rotatable bonds is 6. The third kappa shape index (κ3) is 4.15. The molecule has 0 aliphatic rings. The van der Waals surface area contributed by atoms with E-state index in [1.807, 2.05) is 6.92 Å². The van der Waals surface area contributed by atoms with Crippen LogP contribution in [0.1, 0.15) is 26.7 Å². The Morgan fingerprint density at radius 3 is 2.65 bits per heavy atom. The van der Waals surface area contributed by atoms with Gasteiger partial charge >= 0.3 is 12.0 Å². The molecule has 0 saturated heterocycles. The van der Waals surface area contributed by atoms with Crippen LogP contribution in [0.2, 0.25) is 0 Å². The number of amides is 2. The number of aliphatic carboxylic acids is 1. The number of ether oxygens (including phenoxy) is 1. The average Bonchev–Trinajstić information content (AvgIpc) is 2.38. The zero-order valence-electron chi connectivity index (χ0n) is 11.9. The number of carboxylic acids is 1. The highest BCUT2D eigenvalue weighted by atomic mass is 16.5. The molecule has 0 fully saturated rings. The maximum absolute atomic E-state index is 11.9. The number of hydrogen-bond acceptors (Lipinski definition) is 3. The minimum atomic E-state index is -1.28. The summed E-state index contributed by atoms with van der Waals surface area (Å²) in [6, 6.07) is 6.27. The van der Waals surface area contributed by atoms with Gasteiger partial charge in [0.15, 0.2) is 0 Å². The van der Waals surface area contributed by atoms with Crippen LogP contribution in [0.3, 0.4) is 0 Å². The highest BCUT2D eigenvalue weighted by molar-refractivity contribution is 5.93. The second kappa shape index (κ2) is 6.79. The monoisotopic (exact) mass is 280 g/mol. The average molecular weight is 280 g/mol. The third-order valence-electron chi connectivity index (χ3n) is 2.94. The SMILES string of the molecule is CCCC(C)(NC(=O)Nc1cccc(OC)c1)C(=O)O. The Morgan fingerprint density at radius 1 is 1.40 bits per heavy atom. The molecule has 1 aromatic carbocycles. The van der Waals surface area contributed by atoms with Crippen molar-refractivity contribution in [3.8, 4) is 5.75 Å². The normalized spacial score (nSPS) is 13.2. The van der Waals surface area contributed by atoms with Gasteiger partial charge in [0.25, 0.3) is 0 Å². The lowest BCUT2D eigenvalue weighted by atomic mass is 9.97. The van der Waals surface area contributed by atoms with Crippen LogP contribution in [0.15, 0.2) is 24.3 Å². The van der Waals surface area contributed by atoms with Gasteiger partial charge in [-0.1, -0.05) is 19.4 Å². The predicted molar refractivity (Wildman–Crippen MR) is 76.1 cm³/mol. The molecule has 6 nitrogen and oxygen atoms in total. The van der Waals surface area contributed by atoms with Gasteiger partial charge in [0.1, 0.15) is 11.3 Å². The summed E-state index contributed by atoms with van der Waals surface area (Å²) in [5.74, 6) is -0.447. The molecule has 1 atom stereocenters. The van der Waals surface area contributed by atoms with E-state index in [-0.39, 0.29) is 0 Å². The summed E-state index contributed by atoms with van der Waals surface area (Å²) in [6.45, 7) is 3.35. The van der Waals surface area contributed by atoms with Gasteiger partial charge in [-0.3, -0.25) is 0 Å². The molecule has 3 N–H and O–H groups in total. The molecule has 0 bridgehead atoms. The van der Waals surface area contributed by atoms with E-state index in [2.05, 4.69) is 10.6 Å². The second-order valence-corrected chi connectivity index (χ2v) is 4.70. The summed E-state index contributed by atoms with van der Waals surface area (Å²) >= 11 is 0. The molecule has 2 amide bonds. The van der Waals surface area contributed by atoms with Crippen LogP contribution in [0, 0.1) is 0 Å². The Hall–Kier alpha value is -2.24. The molecule has 0 aromatic heterocycles. The van der Waals surface area contributed by atoms with E-state index in [1.165, 1.54) is 14.0 Å². The van der Waals surface area contributed by atoms with Gasteiger partial charge in [-0.15, -0.1) is 0 Å². The Labute approximate surface area is 118 Å². The van der Waals surface area contributed by atoms with E-state index in [4.69, 9.17) is 4.74 Å². The van der Waals surface area contributed by atoms with Gasteiger partial charge < -0.3 is 20.5 Å². The lowest BCUT2D eigenvalue weighted by molar-refractivity contribution is -0.143. The van der Waals surface area contributed by atoms with Crippen LogP contribution >= 0.6 is 0 Å². The Bertz CT molecular complexity index is 490. The number of methoxy groups -OCH3 is 1. The summed E-state index contributed by atoms with van der Waals surface area (Å²) in [5, 5.41) is 14.3. The van der Waals surface area contributed by atoms with Crippen molar-refractivity contribution in [1.29, 1.82) is 0 Å². The lowest BCUT2D eigenvalue weighted by Gasteiger charge is -2.25. The lowest BCUT2D eigenvalue weighted by Crippen LogP contribution is -2.53. The molecule has 0 aliphatic heterocycles. The number of carbonyl (C=O) groups excluding carboxylic acids is 1. The van der Waals surface area contributed by atoms with Crippen LogP contribution in [-0.4, -0.2) is 29.8 Å². The van der Waals surface area contributed by atoms with E-state index in [0.29, 0.717) is 24.3 Å². The minimum absolute atomic E-state index is 0.355. The molecule has 110 valence electrons. The smallest absolute Gasteiger partial charge is 0.329 e. The quantitative estimate of drug-likeness (QED) is 0.747. The van der Waals surface area contributed by atoms with E-state index >= 15 is 0 Å². The van der Waals surface area contributed by atoms with Gasteiger partial charge in [0.2, 0.25) is 0 Å². The van der Waals surface area contributed by atoms with Gasteiger partial charge in [0.05, 0.1) is 7.11 Å². The number of nitrogens with one attached hydrogen (secondary N) is 2. The standard InChI is InChI=1S/C14H20N2O4/c1-4-8-14(2,12(17)18)16-13(19)15-10-6-5-7-11(9-10)20-3/h5-7,9H,4,8H2,1-3H3,(H,17,18)(H2,15,16,19). The fourth-order valence-corrected chi connectivity index (χ4v) is 1.84. The van der Waals surface area contributed by atoms with Crippen molar-refractivity contribution in [3.05, 3.63) is 24.3 Å². The molecule has 0 radical (unpaired) electrons. The maximum Gasteiger partial charge on any atom is 0.329 e. The molecular formula is C14H20N2O4. The largest absolute Gasteiger partial charge is 0.497 e. The van der Waals surface area contributed by atoms with Crippen molar-refractivity contribution in [2.45, 2.75) is 32.2 Å². The summed E-state index contributed by atoms with van der Waals surface area (Å²) in [6.07, 6.45) is 1.01. The number of anilines is 1. The van der Waals surface area contributed by atoms with Crippen LogP contribution in [-0.2, 0) is 4.79 Å². The van der Waals surface area contributed by atoms with Crippen LogP contribution in [0.4, 0.5) is 10.5 Å². The molecule has 20 heavy (non-hydrogen) atoms. The van der Waals surface area contributed by atoms with E-state index in [0.717, 1.165) is 0 Å². The number of carbonyl (C=O) groups is 2. The number of carboxylic acid groups (broad SMARTS) is 1. The molecule has 0 heterocycles. The van der Waals surface area contributed by atoms with E-state index in [1.54, 1.807) is 24.3 Å². The van der Waals surface area contributed by atoms with Gasteiger partial charge in [-0.25, -0.2) is 9.59 Å². The first-order valence-electron chi connectivity index (χ1n) is 6.38. The zero-order chi connectivity index (χ0) is 15.2. The topological polar surface area (TPSA) is 87.7 Å². The van der Waals surface area contributed by atoms with Crippen molar-refractivity contribution in [3.63, 3.8) is 0 Å². The number of urea groups is 1. The highest BCUT2D eigenvalue weighted by Crippen LogP contribution is 2.17. The van der Waals surface area contributed by atoms with Crippen molar-refractivity contribution < 1.29 is 19.4 Å². The first-order valence-corrected chi connectivity index (χ1v) is 6.38. The highest BCUT2D eigenvalue weighted by Gasteiger charge is 2.33. The Balaban J connectivity index is 2.73. The van der Waals surface area contributed by atoms with Crippen LogP contribution in [0.25, 0.3) is 0 Å². The first kappa shape index (κ1) is 15.8. The van der Waals surface area contributed by atoms with E-state index in [9.17, 15) is 14.7 Å². The Morgan fingerprint density at radius 2 is 2.10 bits per heavy atom. The second-order valence-electron chi connectivity index (χ2n) is 4.70. The molecule has 1 aromatic rings. The molecule has 6 heteroatoms. The zero-order valence-corrected chi connectivity index (χ0v) is 11.9. The maximum atomic E-state index is 11.9.